The van der Waals surface area contributed by atoms with Crippen LogP contribution in [-0.2, 0) is 37.2 Å². The van der Waals surface area contributed by atoms with Gasteiger partial charge in [0.05, 0.1) is 10.5 Å². The molecule has 0 radical (unpaired) electrons. The Balaban J connectivity index is 1.62. The van der Waals surface area contributed by atoms with Crippen LogP contribution in [0.15, 0.2) is 29.2 Å². The topological polar surface area (TPSA) is 145 Å². The Morgan fingerprint density at radius 3 is 2.41 bits per heavy atom. The van der Waals surface area contributed by atoms with E-state index in [0.29, 0.717) is 10.6 Å². The summed E-state index contributed by atoms with van der Waals surface area (Å²) in [6.07, 6.45) is 1.26. The third-order valence-electron chi connectivity index (χ3n) is 5.08. The Labute approximate surface area is 190 Å². The molecule has 9 nitrogen and oxygen atoms in total. The second-order valence-corrected chi connectivity index (χ2v) is 10.5. The minimum absolute atomic E-state index is 0.0123. The van der Waals surface area contributed by atoms with Crippen molar-refractivity contribution < 1.29 is 27.5 Å². The third-order valence-corrected chi connectivity index (χ3v) is 7.85. The van der Waals surface area contributed by atoms with E-state index in [1.165, 1.54) is 37.3 Å². The molecule has 0 spiro atoms. The highest BCUT2D eigenvalue weighted by Gasteiger charge is 2.29. The SMILES string of the molecule is Cc1ccc(S(=O)(=O)N[C@@H](C)C(=O)OC(C)C(=O)Nc2sc3c(c2C(N)=O)CCC3)cc1. The van der Waals surface area contributed by atoms with E-state index in [4.69, 9.17) is 10.5 Å². The summed E-state index contributed by atoms with van der Waals surface area (Å²) in [6.45, 7) is 4.51. The van der Waals surface area contributed by atoms with Gasteiger partial charge in [-0.3, -0.25) is 14.4 Å². The fourth-order valence-corrected chi connectivity index (χ4v) is 5.85. The average Bonchev–Trinajstić information content (AvgIpc) is 3.28. The van der Waals surface area contributed by atoms with E-state index in [2.05, 4.69) is 10.0 Å². The van der Waals surface area contributed by atoms with Crippen LogP contribution in [0.2, 0.25) is 0 Å². The first-order chi connectivity index (χ1) is 15.0. The van der Waals surface area contributed by atoms with Crippen LogP contribution in [0.3, 0.4) is 0 Å². The molecule has 2 amide bonds. The van der Waals surface area contributed by atoms with Crippen LogP contribution in [0.4, 0.5) is 5.00 Å². The Morgan fingerprint density at radius 1 is 1.12 bits per heavy atom. The highest BCUT2D eigenvalue weighted by Crippen LogP contribution is 2.38. The molecule has 2 aromatic rings. The number of anilines is 1. The highest BCUT2D eigenvalue weighted by atomic mass is 32.2. The van der Waals surface area contributed by atoms with Crippen molar-refractivity contribution in [1.82, 2.24) is 4.72 Å². The first-order valence-electron chi connectivity index (χ1n) is 10.0. The largest absolute Gasteiger partial charge is 0.451 e. The number of carbonyl (C=O) groups excluding carboxylic acids is 3. The van der Waals surface area contributed by atoms with Crippen LogP contribution in [-0.4, -0.2) is 38.3 Å². The molecule has 0 fully saturated rings. The smallest absolute Gasteiger partial charge is 0.324 e. The molecule has 0 saturated carbocycles. The minimum atomic E-state index is -3.94. The molecule has 0 saturated heterocycles. The Hall–Kier alpha value is -2.76. The number of primary amides is 1. The number of ether oxygens (including phenoxy) is 1. The summed E-state index contributed by atoms with van der Waals surface area (Å²) in [5, 5.41) is 2.94. The van der Waals surface area contributed by atoms with Crippen LogP contribution >= 0.6 is 11.3 Å². The molecule has 11 heteroatoms. The molecule has 4 N–H and O–H groups in total. The van der Waals surface area contributed by atoms with Gasteiger partial charge in [-0.25, -0.2) is 8.42 Å². The molecule has 1 aromatic carbocycles. The van der Waals surface area contributed by atoms with Gasteiger partial charge in [0.2, 0.25) is 10.0 Å². The summed E-state index contributed by atoms with van der Waals surface area (Å²) in [4.78, 5) is 37.8. The number of nitrogens with two attached hydrogens (primary N) is 1. The highest BCUT2D eigenvalue weighted by molar-refractivity contribution is 7.89. The van der Waals surface area contributed by atoms with Crippen molar-refractivity contribution in [3.63, 3.8) is 0 Å². The van der Waals surface area contributed by atoms with Gasteiger partial charge in [0.25, 0.3) is 11.8 Å². The molecule has 2 atom stereocenters. The quantitative estimate of drug-likeness (QED) is 0.493. The molecule has 32 heavy (non-hydrogen) atoms. The van der Waals surface area contributed by atoms with Crippen LogP contribution in [0, 0.1) is 6.92 Å². The van der Waals surface area contributed by atoms with Crippen molar-refractivity contribution in [3.05, 3.63) is 45.8 Å². The number of thiophene rings is 1. The van der Waals surface area contributed by atoms with Gasteiger partial charge in [-0.15, -0.1) is 11.3 Å². The number of amides is 2. The lowest BCUT2D eigenvalue weighted by molar-refractivity contribution is -0.154. The van der Waals surface area contributed by atoms with Gasteiger partial charge in [0.1, 0.15) is 11.0 Å². The predicted molar refractivity (Wildman–Crippen MR) is 120 cm³/mol. The van der Waals surface area contributed by atoms with Gasteiger partial charge in [-0.2, -0.15) is 4.72 Å². The minimum Gasteiger partial charge on any atom is -0.451 e. The molecular formula is C21H25N3O6S2. The Kier molecular flexibility index (Phi) is 7.01. The maximum Gasteiger partial charge on any atom is 0.324 e. The standard InChI is InChI=1S/C21H25N3O6S2/c1-11-7-9-14(10-8-11)32(28,29)24-12(2)21(27)30-13(3)19(26)23-20-17(18(22)25)15-5-4-6-16(15)31-20/h7-10,12-13,24H,4-6H2,1-3H3,(H2,22,25)(H,23,26)/t12-,13?/m0/s1. The molecule has 3 rings (SSSR count). The van der Waals surface area contributed by atoms with Gasteiger partial charge in [-0.05, 0) is 57.7 Å². The molecule has 0 aliphatic heterocycles. The van der Waals surface area contributed by atoms with Crippen molar-refractivity contribution in [2.24, 2.45) is 5.73 Å². The lowest BCUT2D eigenvalue weighted by atomic mass is 10.1. The zero-order valence-corrected chi connectivity index (χ0v) is 19.6. The molecule has 0 bridgehead atoms. The van der Waals surface area contributed by atoms with E-state index in [0.717, 1.165) is 35.3 Å². The van der Waals surface area contributed by atoms with Gasteiger partial charge in [0.15, 0.2) is 6.10 Å². The zero-order valence-electron chi connectivity index (χ0n) is 17.9. The van der Waals surface area contributed by atoms with E-state index >= 15 is 0 Å². The van der Waals surface area contributed by atoms with Crippen LogP contribution in [0.25, 0.3) is 0 Å². The maximum atomic E-state index is 12.5. The summed E-state index contributed by atoms with van der Waals surface area (Å²) >= 11 is 1.29. The molecule has 1 aliphatic carbocycles. The molecule has 1 heterocycles. The Bertz CT molecular complexity index is 1150. The van der Waals surface area contributed by atoms with E-state index in [-0.39, 0.29) is 4.90 Å². The van der Waals surface area contributed by atoms with Crippen LogP contribution < -0.4 is 15.8 Å². The number of fused-ring (bicyclic) bond motifs is 1. The molecular weight excluding hydrogens is 454 g/mol. The predicted octanol–water partition coefficient (Wildman–Crippen LogP) is 1.88. The lowest BCUT2D eigenvalue weighted by Crippen LogP contribution is -2.42. The molecule has 172 valence electrons. The number of rotatable bonds is 8. The second-order valence-electron chi connectivity index (χ2n) is 7.65. The summed E-state index contributed by atoms with van der Waals surface area (Å²) in [5.41, 5.74) is 7.54. The number of esters is 1. The van der Waals surface area contributed by atoms with Crippen molar-refractivity contribution >= 4 is 44.1 Å². The van der Waals surface area contributed by atoms with Crippen LogP contribution in [0.1, 0.15) is 46.6 Å². The molecule has 1 unspecified atom stereocenters. The monoisotopic (exact) mass is 479 g/mol. The molecule has 1 aliphatic rings. The van der Waals surface area contributed by atoms with E-state index in [9.17, 15) is 22.8 Å². The summed E-state index contributed by atoms with van der Waals surface area (Å²) in [7, 11) is -3.94. The average molecular weight is 480 g/mol. The number of benzene rings is 1. The summed E-state index contributed by atoms with van der Waals surface area (Å²) in [5.74, 6) is -2.18. The number of hydrogen-bond acceptors (Lipinski definition) is 7. The molecule has 1 aromatic heterocycles. The van der Waals surface area contributed by atoms with Crippen molar-refractivity contribution in [1.29, 1.82) is 0 Å². The number of nitrogens with one attached hydrogen (secondary N) is 2. The lowest BCUT2D eigenvalue weighted by Gasteiger charge is -2.17. The van der Waals surface area contributed by atoms with E-state index in [1.807, 2.05) is 6.92 Å². The third kappa shape index (κ3) is 5.17. The van der Waals surface area contributed by atoms with E-state index < -0.39 is 40.0 Å². The Morgan fingerprint density at radius 2 is 1.78 bits per heavy atom. The van der Waals surface area contributed by atoms with Gasteiger partial charge < -0.3 is 15.8 Å². The first-order valence-corrected chi connectivity index (χ1v) is 12.3. The number of hydrogen-bond donors (Lipinski definition) is 3. The van der Waals surface area contributed by atoms with Crippen molar-refractivity contribution in [2.45, 2.75) is 57.1 Å². The van der Waals surface area contributed by atoms with Crippen molar-refractivity contribution in [2.75, 3.05) is 5.32 Å². The first kappa shape index (κ1) is 23.9. The second kappa shape index (κ2) is 9.39. The van der Waals surface area contributed by atoms with Gasteiger partial charge >= 0.3 is 5.97 Å². The summed E-state index contributed by atoms with van der Waals surface area (Å²) < 4.78 is 32.3. The van der Waals surface area contributed by atoms with Gasteiger partial charge in [-0.1, -0.05) is 17.7 Å². The zero-order chi connectivity index (χ0) is 23.6. The maximum absolute atomic E-state index is 12.5. The number of carbonyl (C=O) groups is 3. The van der Waals surface area contributed by atoms with Gasteiger partial charge in [0, 0.05) is 4.88 Å². The fraction of sp³-hybridized carbons (Fsp3) is 0.381. The number of sulfonamides is 1. The van der Waals surface area contributed by atoms with Crippen LogP contribution in [0.5, 0.6) is 0 Å². The fourth-order valence-electron chi connectivity index (χ4n) is 3.36. The number of aryl methyl sites for hydroxylation is 2. The summed E-state index contributed by atoms with van der Waals surface area (Å²) in [6, 6.07) is 4.93. The van der Waals surface area contributed by atoms with Crippen molar-refractivity contribution in [3.8, 4) is 0 Å². The normalized spacial score (nSPS) is 15.0. The van der Waals surface area contributed by atoms with E-state index in [1.54, 1.807) is 12.1 Å².